The first-order chi connectivity index (χ1) is 5.29. The quantitative estimate of drug-likeness (QED) is 0.623. The third-order valence-electron chi connectivity index (χ3n) is 1.41. The van der Waals surface area contributed by atoms with Gasteiger partial charge < -0.3 is 4.90 Å². The molecule has 59 valence electrons. The Morgan fingerprint density at radius 2 is 2.36 bits per heavy atom. The molecule has 0 bridgehead atoms. The van der Waals surface area contributed by atoms with Crippen molar-refractivity contribution >= 4 is 0 Å². The van der Waals surface area contributed by atoms with Gasteiger partial charge in [-0.05, 0) is 20.2 Å². The Labute approximate surface area is 67.1 Å². The summed E-state index contributed by atoms with van der Waals surface area (Å²) in [4.78, 5) is 9.84. The van der Waals surface area contributed by atoms with Gasteiger partial charge in [0.15, 0.2) is 6.33 Å². The van der Waals surface area contributed by atoms with Crippen LogP contribution < -0.4 is 0 Å². The zero-order chi connectivity index (χ0) is 8.10. The van der Waals surface area contributed by atoms with Crippen LogP contribution >= 0.6 is 0 Å². The zero-order valence-electron chi connectivity index (χ0n) is 6.91. The van der Waals surface area contributed by atoms with Gasteiger partial charge in [0.05, 0.1) is 0 Å². The summed E-state index contributed by atoms with van der Waals surface area (Å²) in [6.45, 7) is 1.02. The molecule has 0 aliphatic carbocycles. The minimum atomic E-state index is 0.964. The molecule has 1 aromatic heterocycles. The van der Waals surface area contributed by atoms with Gasteiger partial charge in [0.25, 0.3) is 0 Å². The van der Waals surface area contributed by atoms with Crippen molar-refractivity contribution in [2.75, 3.05) is 20.6 Å². The van der Waals surface area contributed by atoms with Crippen LogP contribution in [0.5, 0.6) is 0 Å². The van der Waals surface area contributed by atoms with E-state index in [2.05, 4.69) is 21.2 Å². The van der Waals surface area contributed by atoms with E-state index in [0.29, 0.717) is 0 Å². The highest BCUT2D eigenvalue weighted by molar-refractivity contribution is 4.97. The lowest BCUT2D eigenvalue weighted by molar-refractivity contribution is 0.411. The van der Waals surface area contributed by atoms with Crippen molar-refractivity contribution < 1.29 is 0 Å². The summed E-state index contributed by atoms with van der Waals surface area (Å²) < 4.78 is 0. The van der Waals surface area contributed by atoms with E-state index in [1.165, 1.54) is 0 Å². The first-order valence-electron chi connectivity index (χ1n) is 3.62. The molecule has 0 unspecified atom stereocenters. The first-order valence-corrected chi connectivity index (χ1v) is 3.62. The molecule has 0 atom stereocenters. The third-order valence-corrected chi connectivity index (χ3v) is 1.41. The molecule has 0 aliphatic rings. The van der Waals surface area contributed by atoms with Gasteiger partial charge in [-0.3, -0.25) is 0 Å². The van der Waals surface area contributed by atoms with Gasteiger partial charge in [-0.15, -0.1) is 0 Å². The third kappa shape index (κ3) is 3.09. The highest BCUT2D eigenvalue weighted by Crippen LogP contribution is 1.92. The lowest BCUT2D eigenvalue weighted by Crippen LogP contribution is -2.15. The van der Waals surface area contributed by atoms with E-state index in [-0.39, 0.29) is 0 Å². The smallest absolute Gasteiger partial charge is 0.197 e. The average molecular weight is 150 g/mol. The fourth-order valence-electron chi connectivity index (χ4n) is 0.764. The zero-order valence-corrected chi connectivity index (χ0v) is 6.91. The maximum Gasteiger partial charge on any atom is 0.197 e. The molecule has 0 saturated heterocycles. The molecule has 0 aromatic carbocycles. The van der Waals surface area contributed by atoms with Crippen LogP contribution in [0.1, 0.15) is 5.69 Å². The number of nitrogens with zero attached hydrogens (tertiary/aromatic N) is 3. The lowest BCUT2D eigenvalue weighted by Gasteiger charge is -2.07. The van der Waals surface area contributed by atoms with Crippen LogP contribution in [-0.4, -0.2) is 35.5 Å². The number of hydrogen-bond acceptors (Lipinski definition) is 3. The van der Waals surface area contributed by atoms with Crippen LogP contribution in [0.3, 0.4) is 0 Å². The number of hydrogen-bond donors (Lipinski definition) is 0. The summed E-state index contributed by atoms with van der Waals surface area (Å²) >= 11 is 0. The molecule has 3 heteroatoms. The molecule has 0 fully saturated rings. The van der Waals surface area contributed by atoms with E-state index in [0.717, 1.165) is 18.7 Å². The summed E-state index contributed by atoms with van der Waals surface area (Å²) in [5.74, 6) is 0. The van der Waals surface area contributed by atoms with E-state index >= 15 is 0 Å². The molecule has 1 heterocycles. The molecule has 0 amide bonds. The molecule has 1 rings (SSSR count). The summed E-state index contributed by atoms with van der Waals surface area (Å²) in [6, 6.07) is 1.92. The minimum Gasteiger partial charge on any atom is -0.309 e. The molecule has 0 spiro atoms. The predicted molar refractivity (Wildman–Crippen MR) is 43.1 cm³/mol. The average Bonchev–Trinajstić information content (AvgIpc) is 2.03. The lowest BCUT2D eigenvalue weighted by atomic mass is 10.3. The summed E-state index contributed by atoms with van der Waals surface area (Å²) in [6.07, 6.45) is 5.25. The summed E-state index contributed by atoms with van der Waals surface area (Å²) in [5, 5.41) is 0. The van der Waals surface area contributed by atoms with Crippen LogP contribution in [0, 0.1) is 6.33 Å². The van der Waals surface area contributed by atoms with Gasteiger partial charge in [0, 0.05) is 24.9 Å². The fraction of sp³-hybridized carbons (Fsp3) is 0.500. The molecule has 3 nitrogen and oxygen atoms in total. The topological polar surface area (TPSA) is 29.0 Å². The highest BCUT2D eigenvalue weighted by atomic mass is 15.0. The van der Waals surface area contributed by atoms with E-state index < -0.39 is 0 Å². The monoisotopic (exact) mass is 150 g/mol. The molecular weight excluding hydrogens is 138 g/mol. The second-order valence-electron chi connectivity index (χ2n) is 2.70. The molecular formula is C8H12N3. The highest BCUT2D eigenvalue weighted by Gasteiger charge is 1.93. The maximum atomic E-state index is 3.99. The van der Waals surface area contributed by atoms with Crippen LogP contribution in [-0.2, 0) is 6.42 Å². The second-order valence-corrected chi connectivity index (χ2v) is 2.70. The largest absolute Gasteiger partial charge is 0.309 e. The Morgan fingerprint density at radius 3 is 2.91 bits per heavy atom. The van der Waals surface area contributed by atoms with Crippen molar-refractivity contribution in [2.24, 2.45) is 0 Å². The van der Waals surface area contributed by atoms with Gasteiger partial charge >= 0.3 is 0 Å². The number of aromatic nitrogens is 2. The van der Waals surface area contributed by atoms with Crippen molar-refractivity contribution in [1.29, 1.82) is 0 Å². The van der Waals surface area contributed by atoms with Gasteiger partial charge in [-0.1, -0.05) is 0 Å². The van der Waals surface area contributed by atoms with Crippen LogP contribution in [0.4, 0.5) is 0 Å². The Bertz CT molecular complexity index is 196. The van der Waals surface area contributed by atoms with Gasteiger partial charge in [0.1, 0.15) is 0 Å². The predicted octanol–water partition coefficient (Wildman–Crippen LogP) is 0.381. The van der Waals surface area contributed by atoms with E-state index in [4.69, 9.17) is 0 Å². The Hall–Kier alpha value is -0.960. The molecule has 0 aliphatic heterocycles. The van der Waals surface area contributed by atoms with Crippen LogP contribution in [0.2, 0.25) is 0 Å². The fourth-order valence-corrected chi connectivity index (χ4v) is 0.764. The van der Waals surface area contributed by atoms with Crippen LogP contribution in [0.25, 0.3) is 0 Å². The van der Waals surface area contributed by atoms with Crippen molar-refractivity contribution in [3.05, 3.63) is 24.3 Å². The number of rotatable bonds is 3. The van der Waals surface area contributed by atoms with E-state index in [1.54, 1.807) is 6.20 Å². The standard InChI is InChI=1S/C8H12N3/c1-11(2)6-4-8-3-5-9-7-10-8/h3,5H,4,6H2,1-2H3. The van der Waals surface area contributed by atoms with Crippen molar-refractivity contribution in [3.8, 4) is 0 Å². The maximum absolute atomic E-state index is 3.99. The van der Waals surface area contributed by atoms with Gasteiger partial charge in [-0.2, -0.15) is 0 Å². The molecule has 11 heavy (non-hydrogen) atoms. The van der Waals surface area contributed by atoms with Gasteiger partial charge in [-0.25, -0.2) is 9.97 Å². The normalized spacial score (nSPS) is 10.5. The minimum absolute atomic E-state index is 0.964. The summed E-state index contributed by atoms with van der Waals surface area (Å²) in [7, 11) is 4.09. The molecule has 0 saturated carbocycles. The molecule has 1 aromatic rings. The van der Waals surface area contributed by atoms with Crippen molar-refractivity contribution in [1.82, 2.24) is 14.9 Å². The Morgan fingerprint density at radius 1 is 1.55 bits per heavy atom. The SMILES string of the molecule is CN(C)CCc1ccn[c]n1. The van der Waals surface area contributed by atoms with Crippen molar-refractivity contribution in [2.45, 2.75) is 6.42 Å². The Kier molecular flexibility index (Phi) is 2.98. The van der Waals surface area contributed by atoms with E-state index in [9.17, 15) is 0 Å². The molecule has 1 radical (unpaired) electrons. The summed E-state index contributed by atoms with van der Waals surface area (Å²) in [5.41, 5.74) is 1.05. The van der Waals surface area contributed by atoms with Crippen LogP contribution in [0.15, 0.2) is 12.3 Å². The first kappa shape index (κ1) is 8.14. The molecule has 0 N–H and O–H groups in total. The Balaban J connectivity index is 2.39. The van der Waals surface area contributed by atoms with E-state index in [1.807, 2.05) is 20.2 Å². The van der Waals surface area contributed by atoms with Crippen molar-refractivity contribution in [3.63, 3.8) is 0 Å². The number of likely N-dealkylation sites (N-methyl/N-ethyl adjacent to an activating group) is 1. The van der Waals surface area contributed by atoms with Gasteiger partial charge in [0.2, 0.25) is 0 Å². The second kappa shape index (κ2) is 4.03.